The van der Waals surface area contributed by atoms with Crippen LogP contribution in [0, 0.1) is 0 Å². The van der Waals surface area contributed by atoms with Crippen molar-refractivity contribution in [3.63, 3.8) is 0 Å². The first-order valence-electron chi connectivity index (χ1n) is 11.4. The maximum absolute atomic E-state index is 12.3. The fourth-order valence-corrected chi connectivity index (χ4v) is 5.30. The Balaban J connectivity index is 1.95. The zero-order valence-corrected chi connectivity index (χ0v) is 20.4. The van der Waals surface area contributed by atoms with Crippen molar-refractivity contribution in [1.29, 1.82) is 0 Å². The fraction of sp³-hybridized carbons (Fsp3) is 0.739. The van der Waals surface area contributed by atoms with Crippen molar-refractivity contribution in [3.8, 4) is 0 Å². The van der Waals surface area contributed by atoms with Crippen LogP contribution in [0.5, 0.6) is 0 Å². The molecule has 168 valence electrons. The first kappa shape index (κ1) is 26.7. The van der Waals surface area contributed by atoms with Gasteiger partial charge in [0.2, 0.25) is 10.0 Å². The second-order valence-electron chi connectivity index (χ2n) is 7.92. The van der Waals surface area contributed by atoms with Crippen molar-refractivity contribution in [2.24, 2.45) is 0 Å². The molecule has 0 spiro atoms. The van der Waals surface area contributed by atoms with Gasteiger partial charge in [-0.05, 0) is 24.6 Å². The molecule has 0 atom stereocenters. The zero-order valence-electron chi connectivity index (χ0n) is 18.0. The minimum atomic E-state index is -3.60. The average Bonchev–Trinajstić information content (AvgIpc) is 2.69. The van der Waals surface area contributed by atoms with Gasteiger partial charge in [0.15, 0.2) is 0 Å². The van der Waals surface area contributed by atoms with E-state index in [1.165, 1.54) is 89.2 Å². The van der Waals surface area contributed by atoms with Gasteiger partial charge >= 0.3 is 0 Å². The molecule has 0 aliphatic heterocycles. The van der Waals surface area contributed by atoms with Crippen LogP contribution in [0.2, 0.25) is 10.0 Å². The number of hydrogen-bond acceptors (Lipinski definition) is 2. The number of halogens is 2. The summed E-state index contributed by atoms with van der Waals surface area (Å²) < 4.78 is 27.2. The highest BCUT2D eigenvalue weighted by Gasteiger charge is 2.17. The quantitative estimate of drug-likeness (QED) is 0.223. The number of sulfonamides is 1. The molecule has 0 saturated carbocycles. The van der Waals surface area contributed by atoms with Gasteiger partial charge in [0.1, 0.15) is 4.90 Å². The van der Waals surface area contributed by atoms with Crippen molar-refractivity contribution in [1.82, 2.24) is 4.72 Å². The molecule has 29 heavy (non-hydrogen) atoms. The van der Waals surface area contributed by atoms with E-state index in [9.17, 15) is 8.42 Å². The Bertz CT molecular complexity index is 650. The summed E-state index contributed by atoms with van der Waals surface area (Å²) in [5.74, 6) is 0. The molecule has 3 nitrogen and oxygen atoms in total. The Morgan fingerprint density at radius 2 is 1.17 bits per heavy atom. The number of unbranched alkanes of at least 4 members (excludes halogenated alkanes) is 14. The summed E-state index contributed by atoms with van der Waals surface area (Å²) in [4.78, 5) is 0.0487. The molecule has 0 saturated heterocycles. The third kappa shape index (κ3) is 12.9. The predicted molar refractivity (Wildman–Crippen MR) is 127 cm³/mol. The first-order valence-corrected chi connectivity index (χ1v) is 13.7. The highest BCUT2D eigenvalue weighted by molar-refractivity contribution is 7.89. The van der Waals surface area contributed by atoms with E-state index in [2.05, 4.69) is 11.6 Å². The number of benzene rings is 1. The van der Waals surface area contributed by atoms with Gasteiger partial charge in [-0.1, -0.05) is 120 Å². The lowest BCUT2D eigenvalue weighted by molar-refractivity contribution is 0.530. The van der Waals surface area contributed by atoms with E-state index in [4.69, 9.17) is 23.2 Å². The smallest absolute Gasteiger partial charge is 0.211 e. The molecule has 0 radical (unpaired) electrons. The van der Waals surface area contributed by atoms with E-state index in [0.29, 0.717) is 11.6 Å². The second kappa shape index (κ2) is 16.4. The van der Waals surface area contributed by atoms with Crippen LogP contribution >= 0.6 is 23.2 Å². The minimum Gasteiger partial charge on any atom is -0.211 e. The van der Waals surface area contributed by atoms with Gasteiger partial charge < -0.3 is 0 Å². The highest BCUT2D eigenvalue weighted by atomic mass is 35.5. The molecule has 1 rings (SSSR count). The minimum absolute atomic E-state index is 0.0487. The molecule has 6 heteroatoms. The fourth-order valence-electron chi connectivity index (χ4n) is 3.46. The van der Waals surface area contributed by atoms with Gasteiger partial charge in [0.25, 0.3) is 0 Å². The van der Waals surface area contributed by atoms with E-state index in [0.717, 1.165) is 19.3 Å². The molecule has 0 heterocycles. The molecule has 1 aromatic rings. The zero-order chi connectivity index (χ0) is 21.4. The van der Waals surface area contributed by atoms with Gasteiger partial charge in [0.05, 0.1) is 5.02 Å². The predicted octanol–water partition coefficient (Wildman–Crippen LogP) is 8.14. The van der Waals surface area contributed by atoms with Gasteiger partial charge in [-0.3, -0.25) is 0 Å². The monoisotopic (exact) mass is 463 g/mol. The molecule has 1 aromatic carbocycles. The summed E-state index contributed by atoms with van der Waals surface area (Å²) >= 11 is 11.9. The molecule has 0 aliphatic carbocycles. The van der Waals surface area contributed by atoms with Crippen LogP contribution in [0.25, 0.3) is 0 Å². The van der Waals surface area contributed by atoms with Crippen LogP contribution in [0.4, 0.5) is 0 Å². The molecular formula is C23H39Cl2NO2S. The topological polar surface area (TPSA) is 46.2 Å². The van der Waals surface area contributed by atoms with E-state index >= 15 is 0 Å². The van der Waals surface area contributed by atoms with Crippen LogP contribution in [0.15, 0.2) is 23.1 Å². The first-order chi connectivity index (χ1) is 14.0. The van der Waals surface area contributed by atoms with Crippen molar-refractivity contribution < 1.29 is 8.42 Å². The Kier molecular flexibility index (Phi) is 15.1. The molecule has 0 unspecified atom stereocenters. The van der Waals surface area contributed by atoms with Crippen LogP contribution in [0.1, 0.15) is 103 Å². The summed E-state index contributed by atoms with van der Waals surface area (Å²) in [6, 6.07) is 4.47. The maximum Gasteiger partial charge on any atom is 0.242 e. The molecule has 0 fully saturated rings. The van der Waals surface area contributed by atoms with E-state index < -0.39 is 10.0 Å². The SMILES string of the molecule is CCCCCCCCCCCCCCCCCNS(=O)(=O)c1cc(Cl)ccc1Cl. The second-order valence-corrected chi connectivity index (χ2v) is 10.5. The summed E-state index contributed by atoms with van der Waals surface area (Å²) in [7, 11) is -3.60. The normalized spacial score (nSPS) is 11.8. The summed E-state index contributed by atoms with van der Waals surface area (Å²) in [6.07, 6.45) is 19.4. The number of nitrogens with one attached hydrogen (secondary N) is 1. The molecule has 0 bridgehead atoms. The summed E-state index contributed by atoms with van der Waals surface area (Å²) in [5.41, 5.74) is 0. The average molecular weight is 465 g/mol. The number of rotatable bonds is 18. The van der Waals surface area contributed by atoms with E-state index in [1.54, 1.807) is 6.07 Å². The van der Waals surface area contributed by atoms with Gasteiger partial charge in [-0.15, -0.1) is 0 Å². The largest absolute Gasteiger partial charge is 0.242 e. The lowest BCUT2D eigenvalue weighted by Crippen LogP contribution is -2.25. The van der Waals surface area contributed by atoms with Crippen LogP contribution in [0.3, 0.4) is 0 Å². The van der Waals surface area contributed by atoms with Crippen LogP contribution < -0.4 is 4.72 Å². The highest BCUT2D eigenvalue weighted by Crippen LogP contribution is 2.24. The van der Waals surface area contributed by atoms with Crippen LogP contribution in [-0.2, 0) is 10.0 Å². The van der Waals surface area contributed by atoms with Gasteiger partial charge in [0, 0.05) is 11.6 Å². The molecule has 0 aliphatic rings. The van der Waals surface area contributed by atoms with E-state index in [-0.39, 0.29) is 9.92 Å². The Morgan fingerprint density at radius 3 is 1.66 bits per heavy atom. The van der Waals surface area contributed by atoms with Crippen molar-refractivity contribution in [2.75, 3.05) is 6.54 Å². The number of hydrogen-bond donors (Lipinski definition) is 1. The molecular weight excluding hydrogens is 425 g/mol. The third-order valence-corrected chi connectivity index (χ3v) is 7.43. The maximum atomic E-state index is 12.3. The Hall–Kier alpha value is -0.290. The summed E-state index contributed by atoms with van der Waals surface area (Å²) in [5, 5.41) is 0.556. The third-order valence-electron chi connectivity index (χ3n) is 5.26. The van der Waals surface area contributed by atoms with Crippen molar-refractivity contribution >= 4 is 33.2 Å². The molecule has 0 amide bonds. The standard InChI is InChI=1S/C23H39Cl2NO2S/c1-2-3-4-5-6-7-8-9-10-11-12-13-14-15-16-19-26-29(27,28)23-20-21(24)17-18-22(23)25/h17-18,20,26H,2-16,19H2,1H3. The lowest BCUT2D eigenvalue weighted by atomic mass is 10.0. The molecule has 0 aromatic heterocycles. The Labute approximate surface area is 189 Å². The van der Waals surface area contributed by atoms with Crippen molar-refractivity contribution in [3.05, 3.63) is 28.2 Å². The van der Waals surface area contributed by atoms with Crippen molar-refractivity contribution in [2.45, 2.75) is 108 Å². The van der Waals surface area contributed by atoms with Crippen LogP contribution in [-0.4, -0.2) is 15.0 Å². The lowest BCUT2D eigenvalue weighted by Gasteiger charge is -2.09. The van der Waals surface area contributed by atoms with Gasteiger partial charge in [-0.25, -0.2) is 13.1 Å². The van der Waals surface area contributed by atoms with E-state index in [1.807, 2.05) is 0 Å². The summed E-state index contributed by atoms with van der Waals surface area (Å²) in [6.45, 7) is 2.70. The Morgan fingerprint density at radius 1 is 0.724 bits per heavy atom. The molecule has 1 N–H and O–H groups in total. The van der Waals surface area contributed by atoms with Gasteiger partial charge in [-0.2, -0.15) is 0 Å².